The van der Waals surface area contributed by atoms with Crippen molar-refractivity contribution < 1.29 is 38.0 Å². The molecule has 0 bridgehead atoms. The van der Waals surface area contributed by atoms with E-state index in [4.69, 9.17) is 28.4 Å². The van der Waals surface area contributed by atoms with Gasteiger partial charge in [-0.25, -0.2) is 19.3 Å². The van der Waals surface area contributed by atoms with Gasteiger partial charge in [0, 0.05) is 18.0 Å². The maximum atomic E-state index is 14.4. The van der Waals surface area contributed by atoms with Crippen LogP contribution >= 0.6 is 0 Å². The van der Waals surface area contributed by atoms with Crippen LogP contribution in [0.1, 0.15) is 36.8 Å². The number of ether oxygens (including phenoxy) is 6. The summed E-state index contributed by atoms with van der Waals surface area (Å²) >= 11 is 0. The third-order valence-corrected chi connectivity index (χ3v) is 6.68. The highest BCUT2D eigenvalue weighted by molar-refractivity contribution is 6.09. The number of benzene rings is 3. The summed E-state index contributed by atoms with van der Waals surface area (Å²) in [6.45, 7) is 5.25. The molecular formula is C33H36N2O9. The van der Waals surface area contributed by atoms with Crippen molar-refractivity contribution in [1.82, 2.24) is 4.68 Å². The molecule has 4 aromatic rings. The first-order valence-electron chi connectivity index (χ1n) is 13.7. The molecule has 11 heteroatoms. The molecule has 0 radical (unpaired) electrons. The largest absolute Gasteiger partial charge is 0.493 e. The van der Waals surface area contributed by atoms with Crippen LogP contribution in [-0.2, 0) is 16.1 Å². The van der Waals surface area contributed by atoms with Gasteiger partial charge in [-0.1, -0.05) is 42.5 Å². The molecule has 0 aliphatic rings. The molecule has 0 aliphatic carbocycles. The van der Waals surface area contributed by atoms with Crippen molar-refractivity contribution in [2.75, 3.05) is 40.5 Å². The number of amides is 1. The number of nitrogens with zero attached hydrogens (tertiary/aromatic N) is 2. The molecule has 232 valence electrons. The van der Waals surface area contributed by atoms with E-state index < -0.39 is 23.2 Å². The van der Waals surface area contributed by atoms with Crippen LogP contribution in [-0.4, -0.2) is 57.8 Å². The van der Waals surface area contributed by atoms with Crippen molar-refractivity contribution in [1.29, 1.82) is 0 Å². The number of methoxy groups -OCH3 is 4. The van der Waals surface area contributed by atoms with E-state index in [1.54, 1.807) is 51.1 Å². The minimum atomic E-state index is -0.888. The van der Waals surface area contributed by atoms with Gasteiger partial charge in [0.05, 0.1) is 33.8 Å². The fourth-order valence-corrected chi connectivity index (χ4v) is 4.76. The third-order valence-electron chi connectivity index (χ3n) is 6.68. The molecule has 0 N–H and O–H groups in total. The SMILES string of the molecule is COC(=O)c1c(-c2cc(OC)c(OC)c(OC)c2)c2cccc(OCc3ccccc3)c2c(=O)n1N(C)C(=O)OC(C)(C)C. The van der Waals surface area contributed by atoms with Crippen LogP contribution in [0.4, 0.5) is 4.79 Å². The second-order valence-corrected chi connectivity index (χ2v) is 10.7. The number of carbonyl (C=O) groups excluding carboxylic acids is 2. The summed E-state index contributed by atoms with van der Waals surface area (Å²) in [5, 5.41) is 1.42. The highest BCUT2D eigenvalue weighted by Crippen LogP contribution is 2.44. The first-order valence-corrected chi connectivity index (χ1v) is 13.7. The summed E-state index contributed by atoms with van der Waals surface area (Å²) < 4.78 is 34.5. The lowest BCUT2D eigenvalue weighted by atomic mass is 9.95. The van der Waals surface area contributed by atoms with Crippen molar-refractivity contribution in [3.8, 4) is 34.1 Å². The van der Waals surface area contributed by atoms with Gasteiger partial charge in [-0.2, -0.15) is 0 Å². The summed E-state index contributed by atoms with van der Waals surface area (Å²) in [6.07, 6.45) is -0.873. The predicted octanol–water partition coefficient (Wildman–Crippen LogP) is 5.56. The van der Waals surface area contributed by atoms with Gasteiger partial charge in [0.1, 0.15) is 18.0 Å². The lowest BCUT2D eigenvalue weighted by Gasteiger charge is -2.28. The van der Waals surface area contributed by atoms with Gasteiger partial charge in [-0.05, 0) is 50.1 Å². The predicted molar refractivity (Wildman–Crippen MR) is 166 cm³/mol. The monoisotopic (exact) mass is 604 g/mol. The highest BCUT2D eigenvalue weighted by atomic mass is 16.6. The fourth-order valence-electron chi connectivity index (χ4n) is 4.76. The van der Waals surface area contributed by atoms with Crippen molar-refractivity contribution in [3.05, 3.63) is 82.3 Å². The van der Waals surface area contributed by atoms with Gasteiger partial charge in [-0.15, -0.1) is 0 Å². The van der Waals surface area contributed by atoms with E-state index in [-0.39, 0.29) is 29.0 Å². The summed E-state index contributed by atoms with van der Waals surface area (Å²) in [5.41, 5.74) is -0.267. The number of aromatic nitrogens is 1. The quantitative estimate of drug-likeness (QED) is 0.226. The number of esters is 1. The maximum absolute atomic E-state index is 14.4. The highest BCUT2D eigenvalue weighted by Gasteiger charge is 2.32. The van der Waals surface area contributed by atoms with Crippen molar-refractivity contribution >= 4 is 22.8 Å². The number of rotatable bonds is 9. The van der Waals surface area contributed by atoms with E-state index >= 15 is 0 Å². The van der Waals surface area contributed by atoms with E-state index in [1.807, 2.05) is 30.3 Å². The molecule has 0 atom stereocenters. The number of hydrogen-bond donors (Lipinski definition) is 0. The topological polar surface area (TPSA) is 115 Å². The van der Waals surface area contributed by atoms with Gasteiger partial charge in [0.25, 0.3) is 5.56 Å². The third kappa shape index (κ3) is 6.26. The zero-order valence-corrected chi connectivity index (χ0v) is 26.0. The van der Waals surface area contributed by atoms with E-state index in [2.05, 4.69) is 0 Å². The van der Waals surface area contributed by atoms with Crippen molar-refractivity contribution in [2.45, 2.75) is 33.0 Å². The van der Waals surface area contributed by atoms with Crippen LogP contribution in [0.5, 0.6) is 23.0 Å². The second-order valence-electron chi connectivity index (χ2n) is 10.7. The Hall–Kier alpha value is -5.19. The Kier molecular flexibility index (Phi) is 9.37. The molecule has 1 heterocycles. The standard InChI is InChI=1S/C33H36N2O9/c1-33(2,3)44-32(38)34(4)35-28(31(37)42-8)26(21-17-24(39-5)29(41-7)25(18-21)40-6)22-15-12-16-23(27(22)30(35)36)43-19-20-13-10-9-11-14-20/h9-18H,19H2,1-8H3. The van der Waals surface area contributed by atoms with E-state index in [0.29, 0.717) is 28.2 Å². The molecule has 0 unspecified atom stereocenters. The fraction of sp³-hybridized carbons (Fsp3) is 0.303. The molecule has 1 aromatic heterocycles. The number of pyridine rings is 1. The Morgan fingerprint density at radius 3 is 2.02 bits per heavy atom. The first kappa shape index (κ1) is 31.7. The van der Waals surface area contributed by atoms with Gasteiger partial charge >= 0.3 is 12.1 Å². The lowest BCUT2D eigenvalue weighted by Crippen LogP contribution is -2.48. The molecule has 0 saturated heterocycles. The molecule has 4 rings (SSSR count). The van der Waals surface area contributed by atoms with Gasteiger partial charge in [0.2, 0.25) is 5.75 Å². The zero-order chi connectivity index (χ0) is 32.2. The van der Waals surface area contributed by atoms with E-state index in [0.717, 1.165) is 15.2 Å². The average Bonchev–Trinajstić information content (AvgIpc) is 3.01. The van der Waals surface area contributed by atoms with Crippen LogP contribution in [0.2, 0.25) is 0 Å². The van der Waals surface area contributed by atoms with Crippen molar-refractivity contribution in [3.63, 3.8) is 0 Å². The number of carbonyl (C=O) groups is 2. The molecule has 11 nitrogen and oxygen atoms in total. The smallest absolute Gasteiger partial charge is 0.429 e. The van der Waals surface area contributed by atoms with Crippen LogP contribution in [0, 0.1) is 0 Å². The number of hydrogen-bond acceptors (Lipinski definition) is 9. The minimum absolute atomic E-state index is 0.121. The van der Waals surface area contributed by atoms with Gasteiger partial charge in [-0.3, -0.25) is 4.79 Å². The lowest BCUT2D eigenvalue weighted by molar-refractivity contribution is 0.0534. The molecule has 3 aromatic carbocycles. The Morgan fingerprint density at radius 1 is 0.841 bits per heavy atom. The van der Waals surface area contributed by atoms with Gasteiger partial charge in [0.15, 0.2) is 17.2 Å². The number of fused-ring (bicyclic) bond motifs is 1. The molecule has 0 fully saturated rings. The first-order chi connectivity index (χ1) is 20.9. The summed E-state index contributed by atoms with van der Waals surface area (Å²) in [4.78, 5) is 41.3. The minimum Gasteiger partial charge on any atom is -0.493 e. The summed E-state index contributed by atoms with van der Waals surface area (Å²) in [5.74, 6) is 0.307. The van der Waals surface area contributed by atoms with Crippen LogP contribution < -0.4 is 29.5 Å². The molecule has 1 amide bonds. The normalized spacial score (nSPS) is 11.1. The average molecular weight is 605 g/mol. The molecular weight excluding hydrogens is 568 g/mol. The van der Waals surface area contributed by atoms with E-state index in [9.17, 15) is 14.4 Å². The van der Waals surface area contributed by atoms with Crippen molar-refractivity contribution in [2.24, 2.45) is 0 Å². The second kappa shape index (κ2) is 13.0. The van der Waals surface area contributed by atoms with Crippen LogP contribution in [0.15, 0.2) is 65.5 Å². The van der Waals surface area contributed by atoms with Gasteiger partial charge < -0.3 is 28.4 Å². The van der Waals surface area contributed by atoms with E-state index in [1.165, 1.54) is 35.5 Å². The summed E-state index contributed by atoms with van der Waals surface area (Å²) in [7, 11) is 6.93. The molecule has 0 aliphatic heterocycles. The Morgan fingerprint density at radius 2 is 1.48 bits per heavy atom. The molecule has 44 heavy (non-hydrogen) atoms. The molecule has 0 saturated carbocycles. The summed E-state index contributed by atoms with van der Waals surface area (Å²) in [6, 6.07) is 17.8. The van der Waals surface area contributed by atoms with Crippen LogP contribution in [0.25, 0.3) is 21.9 Å². The zero-order valence-electron chi connectivity index (χ0n) is 26.0. The Labute approximate surface area is 255 Å². The molecule has 0 spiro atoms. The Balaban J connectivity index is 2.14. The Bertz CT molecular complexity index is 1720. The maximum Gasteiger partial charge on any atom is 0.429 e. The van der Waals surface area contributed by atoms with Crippen LogP contribution in [0.3, 0.4) is 0 Å².